The fourth-order valence-electron chi connectivity index (χ4n) is 3.67. The summed E-state index contributed by atoms with van der Waals surface area (Å²) in [6.45, 7) is 2.62. The second kappa shape index (κ2) is 5.70. The lowest BCUT2D eigenvalue weighted by Gasteiger charge is -2.36. The van der Waals surface area contributed by atoms with Crippen LogP contribution >= 0.6 is 11.8 Å². The molecule has 0 aromatic heterocycles. The molecule has 1 aromatic rings. The molecule has 1 aliphatic carbocycles. The molecule has 2 fully saturated rings. The molecule has 2 aliphatic heterocycles. The fourth-order valence-corrected chi connectivity index (χ4v) is 4.80. The van der Waals surface area contributed by atoms with E-state index < -0.39 is 0 Å². The maximum Gasteiger partial charge on any atom is 0.0341 e. The number of fused-ring (bicyclic) bond motifs is 1. The zero-order chi connectivity index (χ0) is 13.4. The predicted molar refractivity (Wildman–Crippen MR) is 85.3 cm³/mol. The van der Waals surface area contributed by atoms with Gasteiger partial charge in [-0.05, 0) is 62.6 Å². The van der Waals surface area contributed by atoms with Gasteiger partial charge in [0.25, 0.3) is 0 Å². The van der Waals surface area contributed by atoms with Crippen LogP contribution in [-0.4, -0.2) is 35.8 Å². The second-order valence-electron chi connectivity index (χ2n) is 6.44. The average molecular weight is 288 g/mol. The van der Waals surface area contributed by atoms with Crippen molar-refractivity contribution in [1.82, 2.24) is 10.2 Å². The summed E-state index contributed by atoms with van der Waals surface area (Å²) in [5, 5.41) is 3.95. The third-order valence-corrected chi connectivity index (χ3v) is 6.11. The van der Waals surface area contributed by atoms with Crippen molar-refractivity contribution in [2.45, 2.75) is 55.1 Å². The summed E-state index contributed by atoms with van der Waals surface area (Å²) in [6.07, 6.45) is 6.85. The molecular formula is C17H24N2S. The lowest BCUT2D eigenvalue weighted by atomic mass is 9.99. The van der Waals surface area contributed by atoms with E-state index in [1.54, 1.807) is 0 Å². The minimum Gasteiger partial charge on any atom is -0.307 e. The van der Waals surface area contributed by atoms with Gasteiger partial charge in [0.2, 0.25) is 0 Å². The highest BCUT2D eigenvalue weighted by Crippen LogP contribution is 2.37. The highest BCUT2D eigenvalue weighted by Gasteiger charge is 2.32. The smallest absolute Gasteiger partial charge is 0.0341 e. The molecule has 20 heavy (non-hydrogen) atoms. The molecule has 3 heteroatoms. The molecule has 0 radical (unpaired) electrons. The maximum absolute atomic E-state index is 3.95. The van der Waals surface area contributed by atoms with Crippen molar-refractivity contribution in [2.75, 3.05) is 18.8 Å². The molecule has 1 unspecified atom stereocenters. The van der Waals surface area contributed by atoms with Crippen LogP contribution in [0.25, 0.3) is 0 Å². The number of hydrogen-bond donors (Lipinski definition) is 1. The minimum absolute atomic E-state index is 0.588. The first-order chi connectivity index (χ1) is 9.90. The number of rotatable bonds is 3. The van der Waals surface area contributed by atoms with Crippen molar-refractivity contribution < 1.29 is 0 Å². The summed E-state index contributed by atoms with van der Waals surface area (Å²) in [4.78, 5) is 4.20. The topological polar surface area (TPSA) is 15.3 Å². The molecule has 1 aromatic carbocycles. The van der Waals surface area contributed by atoms with Crippen molar-refractivity contribution in [2.24, 2.45) is 0 Å². The van der Waals surface area contributed by atoms with Crippen LogP contribution in [0.15, 0.2) is 29.2 Å². The molecule has 1 atom stereocenters. The minimum atomic E-state index is 0.588. The molecule has 3 aliphatic rings. The normalized spacial score (nSPS) is 28.3. The van der Waals surface area contributed by atoms with Gasteiger partial charge in [0.1, 0.15) is 0 Å². The van der Waals surface area contributed by atoms with E-state index in [1.807, 2.05) is 11.8 Å². The Hall–Kier alpha value is -0.510. The Kier molecular flexibility index (Phi) is 3.76. The van der Waals surface area contributed by atoms with Gasteiger partial charge in [-0.3, -0.25) is 0 Å². The van der Waals surface area contributed by atoms with Gasteiger partial charge in [0, 0.05) is 23.0 Å². The Balaban J connectivity index is 1.38. The Morgan fingerprint density at radius 3 is 2.60 bits per heavy atom. The Bertz CT molecular complexity index is 464. The van der Waals surface area contributed by atoms with Gasteiger partial charge in [0.15, 0.2) is 0 Å². The van der Waals surface area contributed by atoms with Gasteiger partial charge in [0.05, 0.1) is 0 Å². The molecule has 2 nitrogen and oxygen atoms in total. The van der Waals surface area contributed by atoms with Crippen molar-refractivity contribution in [3.05, 3.63) is 29.8 Å². The van der Waals surface area contributed by atoms with Crippen molar-refractivity contribution in [3.63, 3.8) is 0 Å². The van der Waals surface area contributed by atoms with E-state index in [9.17, 15) is 0 Å². The predicted octanol–water partition coefficient (Wildman–Crippen LogP) is 3.44. The monoisotopic (exact) mass is 288 g/mol. The van der Waals surface area contributed by atoms with Crippen LogP contribution in [0.4, 0.5) is 0 Å². The lowest BCUT2D eigenvalue weighted by Crippen LogP contribution is -2.44. The summed E-state index contributed by atoms with van der Waals surface area (Å²) in [5.41, 5.74) is 1.54. The first-order valence-corrected chi connectivity index (χ1v) is 9.10. The lowest BCUT2D eigenvalue weighted by molar-refractivity contribution is 0.182. The van der Waals surface area contributed by atoms with Crippen LogP contribution in [0, 0.1) is 0 Å². The highest BCUT2D eigenvalue weighted by molar-refractivity contribution is 7.99. The van der Waals surface area contributed by atoms with Gasteiger partial charge < -0.3 is 10.2 Å². The Morgan fingerprint density at radius 1 is 1.00 bits per heavy atom. The summed E-state index contributed by atoms with van der Waals surface area (Å²) in [6, 6.07) is 11.2. The number of likely N-dealkylation sites (tertiary alicyclic amines) is 1. The maximum atomic E-state index is 3.95. The van der Waals surface area contributed by atoms with E-state index in [-0.39, 0.29) is 0 Å². The zero-order valence-corrected chi connectivity index (χ0v) is 12.9. The summed E-state index contributed by atoms with van der Waals surface area (Å²) < 4.78 is 0. The van der Waals surface area contributed by atoms with Crippen molar-refractivity contribution in [3.8, 4) is 0 Å². The number of thioether (sulfide) groups is 1. The zero-order valence-electron chi connectivity index (χ0n) is 12.1. The van der Waals surface area contributed by atoms with Gasteiger partial charge in [-0.15, -0.1) is 11.8 Å². The average Bonchev–Trinajstić information content (AvgIpc) is 3.33. The largest absolute Gasteiger partial charge is 0.307 e. The summed E-state index contributed by atoms with van der Waals surface area (Å²) >= 11 is 2.02. The molecule has 1 saturated carbocycles. The van der Waals surface area contributed by atoms with Gasteiger partial charge >= 0.3 is 0 Å². The molecule has 1 N–H and O–H groups in total. The highest BCUT2D eigenvalue weighted by atomic mass is 32.2. The Morgan fingerprint density at radius 2 is 1.80 bits per heavy atom. The first-order valence-electron chi connectivity index (χ1n) is 8.12. The molecule has 1 saturated heterocycles. The van der Waals surface area contributed by atoms with Crippen LogP contribution in [0.2, 0.25) is 0 Å². The van der Waals surface area contributed by atoms with Gasteiger partial charge in [-0.2, -0.15) is 0 Å². The molecule has 108 valence electrons. The van der Waals surface area contributed by atoms with Crippen molar-refractivity contribution >= 4 is 11.8 Å². The van der Waals surface area contributed by atoms with Gasteiger partial charge in [-0.1, -0.05) is 18.2 Å². The van der Waals surface area contributed by atoms with Crippen LogP contribution in [0.1, 0.15) is 43.7 Å². The number of nitrogens with one attached hydrogen (secondary N) is 1. The number of nitrogens with zero attached hydrogens (tertiary/aromatic N) is 1. The van der Waals surface area contributed by atoms with E-state index in [1.165, 1.54) is 61.4 Å². The van der Waals surface area contributed by atoms with Gasteiger partial charge in [-0.25, -0.2) is 0 Å². The van der Waals surface area contributed by atoms with Crippen molar-refractivity contribution in [1.29, 1.82) is 0 Å². The quantitative estimate of drug-likeness (QED) is 0.917. The third kappa shape index (κ3) is 2.76. The molecule has 0 spiro atoms. The Labute approximate surface area is 126 Å². The summed E-state index contributed by atoms with van der Waals surface area (Å²) in [5.74, 6) is 1.26. The van der Waals surface area contributed by atoms with Crippen LogP contribution < -0.4 is 5.32 Å². The van der Waals surface area contributed by atoms with E-state index in [2.05, 4.69) is 34.5 Å². The molecule has 2 heterocycles. The molecule has 0 bridgehead atoms. The van der Waals surface area contributed by atoms with Crippen LogP contribution in [0.3, 0.4) is 0 Å². The second-order valence-corrected chi connectivity index (χ2v) is 7.57. The summed E-state index contributed by atoms with van der Waals surface area (Å²) in [7, 11) is 0. The van der Waals surface area contributed by atoms with E-state index in [4.69, 9.17) is 0 Å². The van der Waals surface area contributed by atoms with E-state index in [0.29, 0.717) is 6.04 Å². The van der Waals surface area contributed by atoms with Crippen LogP contribution in [0.5, 0.6) is 0 Å². The molecule has 0 amide bonds. The van der Waals surface area contributed by atoms with Crippen LogP contribution in [-0.2, 0) is 0 Å². The standard InChI is InChI=1S/C17H24N2S/c1-2-4-17-15(3-1)16(9-12-20-17)18-13-7-10-19(11-8-13)14-5-6-14/h1-4,13-14,16,18H,5-12H2. The fraction of sp³-hybridized carbons (Fsp3) is 0.647. The molecular weight excluding hydrogens is 264 g/mol. The SMILES string of the molecule is c1ccc2c(c1)SCCC2NC1CCN(C2CC2)CC1. The number of hydrogen-bond acceptors (Lipinski definition) is 3. The first kappa shape index (κ1) is 13.2. The third-order valence-electron chi connectivity index (χ3n) is 4.99. The van der Waals surface area contributed by atoms with E-state index in [0.717, 1.165) is 12.1 Å². The van der Waals surface area contributed by atoms with E-state index >= 15 is 0 Å². The number of benzene rings is 1. The number of piperidine rings is 1. The molecule has 4 rings (SSSR count).